The summed E-state index contributed by atoms with van der Waals surface area (Å²) in [6.45, 7) is 15.8. The standard InChI is InChI=1S/C27H43NO3Si3/c1-8-9-10-11-12-21-32(2,3)30-34(6,7)31-33(4,5)23-29-27-19-17-26(18-20-27)25-15-13-24(22-28)14-16-25/h13-20H,8-12,21,23H2,1-7H3. The number of hydrogen-bond donors (Lipinski definition) is 0. The highest BCUT2D eigenvalue weighted by atomic mass is 28.5. The highest BCUT2D eigenvalue weighted by molar-refractivity contribution is 6.87. The Balaban J connectivity index is 1.86. The molecule has 0 bridgehead atoms. The molecule has 2 aromatic rings. The van der Waals surface area contributed by atoms with Crippen molar-refractivity contribution in [3.05, 3.63) is 54.1 Å². The van der Waals surface area contributed by atoms with Crippen LogP contribution in [0.5, 0.6) is 5.75 Å². The van der Waals surface area contributed by atoms with Gasteiger partial charge in [0, 0.05) is 0 Å². The maximum Gasteiger partial charge on any atom is 0.311 e. The van der Waals surface area contributed by atoms with Gasteiger partial charge in [-0.15, -0.1) is 0 Å². The first kappa shape index (κ1) is 28.5. The first-order valence-corrected chi connectivity index (χ1v) is 21.6. The summed E-state index contributed by atoms with van der Waals surface area (Å²) in [5.41, 5.74) is 2.86. The Morgan fingerprint density at radius 3 is 1.79 bits per heavy atom. The summed E-state index contributed by atoms with van der Waals surface area (Å²) >= 11 is 0. The van der Waals surface area contributed by atoms with Crippen LogP contribution in [0.2, 0.25) is 45.3 Å². The molecule has 0 aromatic heterocycles. The third-order valence-corrected chi connectivity index (χ3v) is 16.5. The van der Waals surface area contributed by atoms with E-state index >= 15 is 0 Å². The number of hydrogen-bond acceptors (Lipinski definition) is 4. The second kappa shape index (κ2) is 12.8. The van der Waals surface area contributed by atoms with Gasteiger partial charge in [0.05, 0.1) is 11.6 Å². The van der Waals surface area contributed by atoms with E-state index in [-0.39, 0.29) is 0 Å². The summed E-state index contributed by atoms with van der Waals surface area (Å²) in [7, 11) is -6.01. The van der Waals surface area contributed by atoms with Crippen molar-refractivity contribution in [1.29, 1.82) is 5.26 Å². The Hall–Kier alpha value is -1.70. The van der Waals surface area contributed by atoms with Crippen molar-refractivity contribution in [3.63, 3.8) is 0 Å². The molecule has 0 atom stereocenters. The van der Waals surface area contributed by atoms with Gasteiger partial charge in [0.15, 0.2) is 8.32 Å². The van der Waals surface area contributed by atoms with Gasteiger partial charge in [0.2, 0.25) is 8.32 Å². The molecule has 0 aliphatic rings. The molecule has 0 aliphatic heterocycles. The second-order valence-electron chi connectivity index (χ2n) is 10.8. The molecule has 0 unspecified atom stereocenters. The predicted molar refractivity (Wildman–Crippen MR) is 150 cm³/mol. The van der Waals surface area contributed by atoms with Gasteiger partial charge in [-0.2, -0.15) is 5.26 Å². The molecule has 0 fully saturated rings. The first-order chi connectivity index (χ1) is 16.0. The second-order valence-corrected chi connectivity index (χ2v) is 23.0. The zero-order valence-corrected chi connectivity index (χ0v) is 25.2. The van der Waals surface area contributed by atoms with Gasteiger partial charge in [-0.3, -0.25) is 0 Å². The summed E-state index contributed by atoms with van der Waals surface area (Å²) in [5, 5.41) is 8.97. The normalized spacial score (nSPS) is 12.4. The largest absolute Gasteiger partial charge is 0.494 e. The predicted octanol–water partition coefficient (Wildman–Crippen LogP) is 8.26. The van der Waals surface area contributed by atoms with Crippen LogP contribution in [-0.4, -0.2) is 31.4 Å². The van der Waals surface area contributed by atoms with Crippen LogP contribution < -0.4 is 4.74 Å². The van der Waals surface area contributed by atoms with E-state index in [1.807, 2.05) is 36.4 Å². The van der Waals surface area contributed by atoms with Crippen molar-refractivity contribution in [2.24, 2.45) is 0 Å². The highest BCUT2D eigenvalue weighted by Crippen LogP contribution is 2.26. The monoisotopic (exact) mass is 513 g/mol. The minimum Gasteiger partial charge on any atom is -0.494 e. The summed E-state index contributed by atoms with van der Waals surface area (Å²) in [6, 6.07) is 19.1. The molecule has 0 radical (unpaired) electrons. The Morgan fingerprint density at radius 2 is 1.24 bits per heavy atom. The number of rotatable bonds is 14. The SMILES string of the molecule is CCCCCCC[Si](C)(C)O[Si](C)(C)O[Si](C)(C)COc1ccc(-c2ccc(C#N)cc2)cc1. The van der Waals surface area contributed by atoms with Crippen molar-refractivity contribution in [2.75, 3.05) is 6.23 Å². The molecule has 0 aliphatic carbocycles. The van der Waals surface area contributed by atoms with E-state index in [0.717, 1.165) is 16.9 Å². The lowest BCUT2D eigenvalue weighted by atomic mass is 10.0. The van der Waals surface area contributed by atoms with Crippen LogP contribution in [0, 0.1) is 11.3 Å². The lowest BCUT2D eigenvalue weighted by Crippen LogP contribution is -2.54. The molecule has 0 spiro atoms. The van der Waals surface area contributed by atoms with E-state index in [4.69, 9.17) is 18.2 Å². The van der Waals surface area contributed by atoms with E-state index in [9.17, 15) is 0 Å². The highest BCUT2D eigenvalue weighted by Gasteiger charge is 2.39. The van der Waals surface area contributed by atoms with E-state index < -0.39 is 25.2 Å². The molecule has 34 heavy (non-hydrogen) atoms. The molecular formula is C27H43NO3Si3. The molecule has 7 heteroatoms. The zero-order chi connectivity index (χ0) is 25.2. The van der Waals surface area contributed by atoms with Crippen LogP contribution in [0.15, 0.2) is 48.5 Å². The van der Waals surface area contributed by atoms with Gasteiger partial charge in [-0.1, -0.05) is 63.3 Å². The maximum absolute atomic E-state index is 8.97. The molecule has 0 saturated carbocycles. The smallest absolute Gasteiger partial charge is 0.311 e. The quantitative estimate of drug-likeness (QED) is 0.188. The Bertz CT molecular complexity index is 920. The Morgan fingerprint density at radius 1 is 0.706 bits per heavy atom. The van der Waals surface area contributed by atoms with Crippen LogP contribution in [0.1, 0.15) is 44.6 Å². The van der Waals surface area contributed by atoms with Gasteiger partial charge in [-0.25, -0.2) is 0 Å². The topological polar surface area (TPSA) is 51.5 Å². The average Bonchev–Trinajstić information content (AvgIpc) is 2.76. The van der Waals surface area contributed by atoms with Gasteiger partial charge < -0.3 is 13.0 Å². The average molecular weight is 514 g/mol. The lowest BCUT2D eigenvalue weighted by Gasteiger charge is -2.38. The first-order valence-electron chi connectivity index (χ1n) is 12.6. The Kier molecular flexibility index (Phi) is 10.8. The molecular weight excluding hydrogens is 471 g/mol. The number of nitrogens with zero attached hydrogens (tertiary/aromatic N) is 1. The molecule has 0 heterocycles. The van der Waals surface area contributed by atoms with Crippen LogP contribution >= 0.6 is 0 Å². The summed E-state index contributed by atoms with van der Waals surface area (Å²) in [5.74, 6) is 0.851. The van der Waals surface area contributed by atoms with Crippen LogP contribution in [-0.2, 0) is 8.23 Å². The molecule has 2 aromatic carbocycles. The summed E-state index contributed by atoms with van der Waals surface area (Å²) in [6.07, 6.45) is 7.14. The summed E-state index contributed by atoms with van der Waals surface area (Å²) < 4.78 is 19.5. The summed E-state index contributed by atoms with van der Waals surface area (Å²) in [4.78, 5) is 0. The fraction of sp³-hybridized carbons (Fsp3) is 0.519. The minimum atomic E-state index is -2.23. The molecule has 2 rings (SSSR count). The van der Waals surface area contributed by atoms with Crippen molar-refractivity contribution in [1.82, 2.24) is 0 Å². The van der Waals surface area contributed by atoms with E-state index in [0.29, 0.717) is 11.8 Å². The number of ether oxygens (including phenoxy) is 1. The fourth-order valence-electron chi connectivity index (χ4n) is 4.32. The van der Waals surface area contributed by atoms with Gasteiger partial charge in [0.1, 0.15) is 12.0 Å². The molecule has 0 N–H and O–H groups in total. The third kappa shape index (κ3) is 10.3. The number of nitriles is 1. The Labute approximate surface area is 210 Å². The fourth-order valence-corrected chi connectivity index (χ4v) is 17.8. The van der Waals surface area contributed by atoms with Crippen molar-refractivity contribution < 1.29 is 13.0 Å². The van der Waals surface area contributed by atoms with Crippen molar-refractivity contribution in [2.45, 2.75) is 84.4 Å². The lowest BCUT2D eigenvalue weighted by molar-refractivity contribution is 0.328. The van der Waals surface area contributed by atoms with Gasteiger partial charge >= 0.3 is 8.56 Å². The molecule has 186 valence electrons. The zero-order valence-electron chi connectivity index (χ0n) is 22.2. The number of unbranched alkanes of at least 4 members (excludes halogenated alkanes) is 4. The van der Waals surface area contributed by atoms with Crippen molar-refractivity contribution >= 4 is 25.2 Å². The van der Waals surface area contributed by atoms with Crippen LogP contribution in [0.25, 0.3) is 11.1 Å². The van der Waals surface area contributed by atoms with Crippen molar-refractivity contribution in [3.8, 4) is 22.9 Å². The van der Waals surface area contributed by atoms with Gasteiger partial charge in [-0.05, 0) is 80.7 Å². The molecule has 0 amide bonds. The third-order valence-electron chi connectivity index (χ3n) is 5.71. The van der Waals surface area contributed by atoms with E-state index in [2.05, 4.69) is 64.4 Å². The van der Waals surface area contributed by atoms with Gasteiger partial charge in [0.25, 0.3) is 0 Å². The molecule has 0 saturated heterocycles. The minimum absolute atomic E-state index is 0.599. The van der Waals surface area contributed by atoms with E-state index in [1.165, 1.54) is 38.1 Å². The van der Waals surface area contributed by atoms with E-state index in [1.54, 1.807) is 0 Å². The molecule has 4 nitrogen and oxygen atoms in total. The maximum atomic E-state index is 8.97. The van der Waals surface area contributed by atoms with Crippen LogP contribution in [0.3, 0.4) is 0 Å². The van der Waals surface area contributed by atoms with Crippen LogP contribution in [0.4, 0.5) is 0 Å². The number of benzene rings is 2.